The summed E-state index contributed by atoms with van der Waals surface area (Å²) in [5, 5.41) is 12.5. The van der Waals surface area contributed by atoms with E-state index in [1.165, 1.54) is 138 Å². The van der Waals surface area contributed by atoms with E-state index < -0.39 is 36.8 Å². The van der Waals surface area contributed by atoms with Crippen molar-refractivity contribution >= 4 is 36.8 Å². The van der Waals surface area contributed by atoms with Crippen molar-refractivity contribution in [3.63, 3.8) is 0 Å². The molecule has 1 N–H and O–H groups in total. The minimum absolute atomic E-state index is 0.244. The number of hydrogen-bond donors (Lipinski definition) is 1. The molecular weight excluding hydrogens is 702 g/mol. The van der Waals surface area contributed by atoms with Crippen LogP contribution in [0.5, 0.6) is 0 Å². The predicted molar refractivity (Wildman–Crippen MR) is 186 cm³/mol. The van der Waals surface area contributed by atoms with Crippen LogP contribution in [0.25, 0.3) is 0 Å². The van der Waals surface area contributed by atoms with E-state index >= 15 is 0 Å². The van der Waals surface area contributed by atoms with E-state index in [-0.39, 0.29) is 11.7 Å². The molecule has 40 heavy (non-hydrogen) atoms. The third kappa shape index (κ3) is 13.7. The summed E-state index contributed by atoms with van der Waals surface area (Å²) < 4.78 is 19.0. The van der Waals surface area contributed by atoms with Crippen molar-refractivity contribution in [3.05, 3.63) is 0 Å². The van der Waals surface area contributed by atoms with Crippen LogP contribution in [0.1, 0.15) is 157 Å². The Kier molecular flexibility index (Phi) is 22.7. The van der Waals surface area contributed by atoms with Crippen molar-refractivity contribution in [3.8, 4) is 0 Å². The Morgan fingerprint density at radius 3 is 1.32 bits per heavy atom. The van der Waals surface area contributed by atoms with Crippen LogP contribution >= 0.6 is 0 Å². The van der Waals surface area contributed by atoms with Crippen molar-refractivity contribution in [2.75, 3.05) is 7.11 Å². The Hall–Kier alpha value is 1.52. The maximum absolute atomic E-state index is 12.5. The van der Waals surface area contributed by atoms with Crippen molar-refractivity contribution in [1.29, 1.82) is 0 Å². The Bertz CT molecular complexity index is 548. The first-order chi connectivity index (χ1) is 19.4. The average molecular weight is 778 g/mol. The van der Waals surface area contributed by atoms with Crippen LogP contribution in [0.15, 0.2) is 0 Å². The SMILES string of the molecule is CCC[CH2][Sn]([CH2]CCC)([CH2]CCC)[CH2]C[C@@]([CH2][Sn]([CH2]CCC)([CH2]CCC)[CH2]CCC)(OC)[C@@H](O)C1CCCCC1. The van der Waals surface area contributed by atoms with E-state index in [0.717, 1.165) is 0 Å². The van der Waals surface area contributed by atoms with Crippen molar-refractivity contribution in [2.45, 2.75) is 204 Å². The second-order valence-electron chi connectivity index (χ2n) is 14.4. The van der Waals surface area contributed by atoms with Crippen LogP contribution in [0.4, 0.5) is 0 Å². The van der Waals surface area contributed by atoms with E-state index in [1.54, 1.807) is 13.3 Å². The normalized spacial score (nSPS) is 17.7. The van der Waals surface area contributed by atoms with Gasteiger partial charge in [0, 0.05) is 0 Å². The number of rotatable bonds is 26. The molecule has 2 atom stereocenters. The molecule has 0 radical (unpaired) electrons. The number of unbranched alkanes of at least 4 members (excludes halogenated alkanes) is 6. The summed E-state index contributed by atoms with van der Waals surface area (Å²) in [5.74, 6) is 0.465. The summed E-state index contributed by atoms with van der Waals surface area (Å²) in [4.78, 5) is 0. The van der Waals surface area contributed by atoms with Gasteiger partial charge in [-0.2, -0.15) is 0 Å². The molecule has 0 unspecified atom stereocenters. The molecule has 4 heteroatoms. The van der Waals surface area contributed by atoms with Crippen LogP contribution < -0.4 is 0 Å². The molecule has 0 saturated heterocycles. The van der Waals surface area contributed by atoms with Crippen LogP contribution in [0, 0.1) is 5.92 Å². The van der Waals surface area contributed by atoms with Gasteiger partial charge in [-0.25, -0.2) is 0 Å². The Morgan fingerprint density at radius 2 is 0.975 bits per heavy atom. The molecule has 0 amide bonds. The molecule has 0 aromatic carbocycles. The molecule has 0 aromatic heterocycles. The molecule has 1 rings (SSSR count). The zero-order valence-electron chi connectivity index (χ0n) is 28.9. The number of aliphatic hydroxyl groups is 1. The zero-order valence-corrected chi connectivity index (χ0v) is 34.6. The fourth-order valence-electron chi connectivity index (χ4n) is 8.33. The first-order valence-electron chi connectivity index (χ1n) is 18.6. The second-order valence-corrected chi connectivity index (χ2v) is 42.5. The summed E-state index contributed by atoms with van der Waals surface area (Å²) >= 11 is -4.89. The quantitative estimate of drug-likeness (QED) is 0.0887. The Morgan fingerprint density at radius 1 is 0.600 bits per heavy atom. The standard InChI is InChI=1S/C12H22O2.6C4H9.2Sn/c1-4-12(2,14-3)11(13)10-8-6-5-7-9-10;6*1-3-4-2;;/h10-11,13H,1-2,4-9H2,3H3;6*1,3-4H2,2H3;;/t11-,12+;;;;;;;;/m0......../s1. The number of ether oxygens (including phenoxy) is 1. The molecule has 2 nitrogen and oxygen atoms in total. The maximum atomic E-state index is 12.5. The molecule has 1 aliphatic rings. The van der Waals surface area contributed by atoms with Gasteiger partial charge in [0.25, 0.3) is 0 Å². The Balaban J connectivity index is 3.53. The number of methoxy groups -OCH3 is 1. The fraction of sp³-hybridized carbons (Fsp3) is 1.00. The van der Waals surface area contributed by atoms with Crippen LogP contribution in [0.2, 0.25) is 35.5 Å². The van der Waals surface area contributed by atoms with Gasteiger partial charge in [-0.1, -0.05) is 0 Å². The van der Waals surface area contributed by atoms with Crippen molar-refractivity contribution < 1.29 is 9.84 Å². The molecule has 0 aliphatic heterocycles. The molecule has 0 bridgehead atoms. The Labute approximate surface area is 262 Å². The van der Waals surface area contributed by atoms with Crippen molar-refractivity contribution in [2.24, 2.45) is 5.92 Å². The van der Waals surface area contributed by atoms with Gasteiger partial charge >= 0.3 is 264 Å². The topological polar surface area (TPSA) is 29.5 Å². The summed E-state index contributed by atoms with van der Waals surface area (Å²) in [6.07, 6.45) is 24.0. The van der Waals surface area contributed by atoms with Gasteiger partial charge in [0.15, 0.2) is 0 Å². The van der Waals surface area contributed by atoms with Gasteiger partial charge in [0.05, 0.1) is 0 Å². The van der Waals surface area contributed by atoms with Gasteiger partial charge in [-0.15, -0.1) is 0 Å². The van der Waals surface area contributed by atoms with Crippen LogP contribution in [-0.4, -0.2) is 60.7 Å². The molecule has 1 saturated carbocycles. The number of hydrogen-bond acceptors (Lipinski definition) is 2. The third-order valence-electron chi connectivity index (χ3n) is 11.2. The van der Waals surface area contributed by atoms with E-state index in [1.807, 2.05) is 7.11 Å². The van der Waals surface area contributed by atoms with Gasteiger partial charge < -0.3 is 0 Å². The monoisotopic (exact) mass is 780 g/mol. The first kappa shape index (κ1) is 39.5. The van der Waals surface area contributed by atoms with Crippen LogP contribution in [0.3, 0.4) is 0 Å². The predicted octanol–water partition coefficient (Wildman–Crippen LogP) is 12.4. The van der Waals surface area contributed by atoms with Gasteiger partial charge in [-0.3, -0.25) is 0 Å². The summed E-state index contributed by atoms with van der Waals surface area (Å²) in [6, 6.07) is 0. The van der Waals surface area contributed by atoms with Gasteiger partial charge in [-0.05, 0) is 0 Å². The third-order valence-corrected chi connectivity index (χ3v) is 43.0. The first-order valence-corrected chi connectivity index (χ1v) is 34.7. The molecule has 1 aliphatic carbocycles. The average Bonchev–Trinajstić information content (AvgIpc) is 3.00. The second kappa shape index (κ2) is 22.9. The molecule has 0 aromatic rings. The van der Waals surface area contributed by atoms with Crippen molar-refractivity contribution in [1.82, 2.24) is 0 Å². The summed E-state index contributed by atoms with van der Waals surface area (Å²) in [6.45, 7) is 14.4. The number of aliphatic hydroxyl groups excluding tert-OH is 1. The van der Waals surface area contributed by atoms with E-state index in [9.17, 15) is 5.11 Å². The summed E-state index contributed by atoms with van der Waals surface area (Å²) in [5.41, 5.74) is -0.264. The van der Waals surface area contributed by atoms with E-state index in [0.29, 0.717) is 5.92 Å². The van der Waals surface area contributed by atoms with E-state index in [2.05, 4.69) is 41.5 Å². The van der Waals surface area contributed by atoms with Gasteiger partial charge in [0.2, 0.25) is 0 Å². The molecule has 0 heterocycles. The molecule has 1 fully saturated rings. The minimum atomic E-state index is -2.55. The van der Waals surface area contributed by atoms with Gasteiger partial charge in [0.1, 0.15) is 0 Å². The molecule has 240 valence electrons. The molecular formula is C36H76O2Sn2. The van der Waals surface area contributed by atoms with E-state index in [4.69, 9.17) is 4.74 Å². The summed E-state index contributed by atoms with van der Waals surface area (Å²) in [7, 11) is 2.03. The fourth-order valence-corrected chi connectivity index (χ4v) is 43.0. The van der Waals surface area contributed by atoms with Crippen LogP contribution in [-0.2, 0) is 4.74 Å². The zero-order chi connectivity index (χ0) is 29.7. The molecule has 0 spiro atoms.